The third kappa shape index (κ3) is 4.34. The summed E-state index contributed by atoms with van der Waals surface area (Å²) >= 11 is 1.37. The Morgan fingerprint density at radius 3 is 2.55 bits per heavy atom. The van der Waals surface area contributed by atoms with Crippen molar-refractivity contribution in [3.8, 4) is 11.3 Å². The van der Waals surface area contributed by atoms with Gasteiger partial charge < -0.3 is 10.2 Å². The van der Waals surface area contributed by atoms with E-state index in [9.17, 15) is 18.4 Å². The summed E-state index contributed by atoms with van der Waals surface area (Å²) < 4.78 is 28.6. The maximum absolute atomic E-state index is 13.5. The Kier molecular flexibility index (Phi) is 5.59. The van der Waals surface area contributed by atoms with E-state index in [1.807, 2.05) is 0 Å². The molecule has 0 radical (unpaired) electrons. The SMILES string of the molecule is O=C(Cn1nc(-c2ccc(F)cc2)c2sc(N3CCCC3)nc2c1=O)Nc1cccc(F)c1. The Labute approximate surface area is 191 Å². The van der Waals surface area contributed by atoms with Gasteiger partial charge in [-0.1, -0.05) is 17.4 Å². The molecule has 2 aromatic heterocycles. The van der Waals surface area contributed by atoms with Crippen molar-refractivity contribution in [1.29, 1.82) is 0 Å². The number of nitrogens with zero attached hydrogens (tertiary/aromatic N) is 4. The lowest BCUT2D eigenvalue weighted by Crippen LogP contribution is -2.30. The number of aromatic nitrogens is 3. The molecule has 4 aromatic rings. The van der Waals surface area contributed by atoms with Crippen LogP contribution in [0, 0.1) is 11.6 Å². The van der Waals surface area contributed by atoms with Crippen molar-refractivity contribution in [2.75, 3.05) is 23.3 Å². The molecule has 5 rings (SSSR count). The van der Waals surface area contributed by atoms with Gasteiger partial charge in [-0.3, -0.25) is 9.59 Å². The summed E-state index contributed by atoms with van der Waals surface area (Å²) in [7, 11) is 0. The van der Waals surface area contributed by atoms with E-state index in [0.717, 1.165) is 35.7 Å². The fraction of sp³-hybridized carbons (Fsp3) is 0.217. The van der Waals surface area contributed by atoms with Crippen molar-refractivity contribution < 1.29 is 13.6 Å². The second-order valence-corrected chi connectivity index (χ2v) is 8.72. The summed E-state index contributed by atoms with van der Waals surface area (Å²) in [5.41, 5.74) is 1.06. The lowest BCUT2D eigenvalue weighted by Gasteiger charge is -2.11. The van der Waals surface area contributed by atoms with E-state index in [4.69, 9.17) is 0 Å². The van der Waals surface area contributed by atoms with Crippen molar-refractivity contribution in [3.63, 3.8) is 0 Å². The van der Waals surface area contributed by atoms with Gasteiger partial charge in [0.1, 0.15) is 23.9 Å². The van der Waals surface area contributed by atoms with Gasteiger partial charge in [-0.15, -0.1) is 0 Å². The van der Waals surface area contributed by atoms with E-state index in [-0.39, 0.29) is 23.6 Å². The monoisotopic (exact) mass is 467 g/mol. The lowest BCUT2D eigenvalue weighted by molar-refractivity contribution is -0.117. The largest absolute Gasteiger partial charge is 0.348 e. The molecule has 7 nitrogen and oxygen atoms in total. The minimum atomic E-state index is -0.533. The van der Waals surface area contributed by atoms with Crippen molar-refractivity contribution in [3.05, 3.63) is 70.5 Å². The molecule has 0 aliphatic carbocycles. The van der Waals surface area contributed by atoms with Crippen LogP contribution in [0.1, 0.15) is 12.8 Å². The molecule has 3 heterocycles. The number of rotatable bonds is 5. The average Bonchev–Trinajstić information content (AvgIpc) is 3.47. The number of anilines is 2. The van der Waals surface area contributed by atoms with Crippen LogP contribution in [-0.2, 0) is 11.3 Å². The molecule has 2 aromatic carbocycles. The molecule has 1 saturated heterocycles. The fourth-order valence-corrected chi connectivity index (χ4v) is 4.91. The van der Waals surface area contributed by atoms with Gasteiger partial charge in [0.25, 0.3) is 5.56 Å². The zero-order valence-corrected chi connectivity index (χ0v) is 18.2. The predicted octanol–water partition coefficient (Wildman–Crippen LogP) is 4.04. The summed E-state index contributed by atoms with van der Waals surface area (Å²) in [5.74, 6) is -1.41. The van der Waals surface area contributed by atoms with Gasteiger partial charge in [0, 0.05) is 24.3 Å². The molecule has 1 fully saturated rings. The van der Waals surface area contributed by atoms with Gasteiger partial charge in [-0.2, -0.15) is 5.10 Å². The standard InChI is InChI=1S/C23H19F2N5O2S/c24-15-8-6-14(7-9-15)19-21-20(27-23(33-21)29-10-1-2-11-29)22(32)30(28-19)13-18(31)26-17-5-3-4-16(25)12-17/h3-9,12H,1-2,10-11,13H2,(H,26,31). The molecule has 33 heavy (non-hydrogen) atoms. The second kappa shape index (κ2) is 8.70. The molecule has 1 aliphatic heterocycles. The normalized spacial score (nSPS) is 13.6. The van der Waals surface area contributed by atoms with E-state index in [2.05, 4.69) is 20.3 Å². The number of halogens is 2. The maximum atomic E-state index is 13.5. The zero-order valence-electron chi connectivity index (χ0n) is 17.4. The van der Waals surface area contributed by atoms with Gasteiger partial charge in [-0.05, 0) is 55.3 Å². The topological polar surface area (TPSA) is 80.1 Å². The van der Waals surface area contributed by atoms with Crippen LogP contribution in [0.4, 0.5) is 19.6 Å². The minimum Gasteiger partial charge on any atom is -0.348 e. The number of benzene rings is 2. The highest BCUT2D eigenvalue weighted by Crippen LogP contribution is 2.35. The molecular weight excluding hydrogens is 448 g/mol. The maximum Gasteiger partial charge on any atom is 0.294 e. The Morgan fingerprint density at radius 2 is 1.82 bits per heavy atom. The molecule has 0 saturated carbocycles. The Balaban J connectivity index is 1.56. The number of carbonyl (C=O) groups excluding carboxylic acids is 1. The molecule has 0 spiro atoms. The van der Waals surface area contributed by atoms with Gasteiger partial charge in [0.15, 0.2) is 10.6 Å². The minimum absolute atomic E-state index is 0.217. The van der Waals surface area contributed by atoms with E-state index in [0.29, 0.717) is 16.0 Å². The van der Waals surface area contributed by atoms with Gasteiger partial charge in [0.2, 0.25) is 5.91 Å². The predicted molar refractivity (Wildman–Crippen MR) is 124 cm³/mol. The van der Waals surface area contributed by atoms with E-state index >= 15 is 0 Å². The van der Waals surface area contributed by atoms with Crippen LogP contribution in [0.25, 0.3) is 21.5 Å². The lowest BCUT2D eigenvalue weighted by atomic mass is 10.1. The highest BCUT2D eigenvalue weighted by Gasteiger charge is 2.22. The Bertz CT molecular complexity index is 1390. The molecule has 0 atom stereocenters. The van der Waals surface area contributed by atoms with Crippen LogP contribution in [0.3, 0.4) is 0 Å². The first kappa shape index (κ1) is 21.2. The number of thiazole rings is 1. The number of hydrogen-bond donors (Lipinski definition) is 1. The van der Waals surface area contributed by atoms with Crippen LogP contribution >= 0.6 is 11.3 Å². The van der Waals surface area contributed by atoms with Crippen LogP contribution in [-0.4, -0.2) is 33.8 Å². The summed E-state index contributed by atoms with van der Waals surface area (Å²) in [6.45, 7) is 1.35. The van der Waals surface area contributed by atoms with Crippen LogP contribution in [0.15, 0.2) is 53.3 Å². The summed E-state index contributed by atoms with van der Waals surface area (Å²) in [6.07, 6.45) is 2.12. The molecular formula is C23H19F2N5O2S. The Morgan fingerprint density at radius 1 is 1.06 bits per heavy atom. The van der Waals surface area contributed by atoms with E-state index in [1.54, 1.807) is 18.2 Å². The van der Waals surface area contributed by atoms with Crippen LogP contribution < -0.4 is 15.8 Å². The van der Waals surface area contributed by atoms with Crippen molar-refractivity contribution >= 4 is 38.3 Å². The third-order valence-corrected chi connectivity index (χ3v) is 6.51. The summed E-state index contributed by atoms with van der Waals surface area (Å²) in [6, 6.07) is 11.3. The molecule has 0 bridgehead atoms. The first-order valence-corrected chi connectivity index (χ1v) is 11.3. The number of hydrogen-bond acceptors (Lipinski definition) is 6. The molecule has 168 valence electrons. The highest BCUT2D eigenvalue weighted by molar-refractivity contribution is 7.22. The van der Waals surface area contributed by atoms with E-state index < -0.39 is 17.3 Å². The van der Waals surface area contributed by atoms with Crippen molar-refractivity contribution in [2.45, 2.75) is 19.4 Å². The molecule has 10 heteroatoms. The fourth-order valence-electron chi connectivity index (χ4n) is 3.80. The molecule has 0 unspecified atom stereocenters. The van der Waals surface area contributed by atoms with E-state index in [1.165, 1.54) is 41.7 Å². The molecule has 1 N–H and O–H groups in total. The second-order valence-electron chi connectivity index (χ2n) is 7.75. The van der Waals surface area contributed by atoms with Crippen LogP contribution in [0.2, 0.25) is 0 Å². The number of nitrogens with one attached hydrogen (secondary N) is 1. The number of carbonyl (C=O) groups is 1. The quantitative estimate of drug-likeness (QED) is 0.479. The smallest absolute Gasteiger partial charge is 0.294 e. The van der Waals surface area contributed by atoms with Gasteiger partial charge in [-0.25, -0.2) is 18.4 Å². The zero-order chi connectivity index (χ0) is 22.9. The Hall–Kier alpha value is -3.66. The third-order valence-electron chi connectivity index (χ3n) is 5.38. The first-order chi connectivity index (χ1) is 16.0. The summed E-state index contributed by atoms with van der Waals surface area (Å²) in [5, 5.41) is 7.74. The van der Waals surface area contributed by atoms with Gasteiger partial charge in [0.05, 0.1) is 4.70 Å². The summed E-state index contributed by atoms with van der Waals surface area (Å²) in [4.78, 5) is 32.4. The van der Waals surface area contributed by atoms with Gasteiger partial charge >= 0.3 is 0 Å². The molecule has 1 amide bonds. The van der Waals surface area contributed by atoms with Crippen molar-refractivity contribution in [2.24, 2.45) is 0 Å². The highest BCUT2D eigenvalue weighted by atomic mass is 32.1. The first-order valence-electron chi connectivity index (χ1n) is 10.5. The van der Waals surface area contributed by atoms with Crippen molar-refractivity contribution in [1.82, 2.24) is 14.8 Å². The van der Waals surface area contributed by atoms with Crippen LogP contribution in [0.5, 0.6) is 0 Å². The average molecular weight is 468 g/mol. The number of amides is 1. The molecule has 1 aliphatic rings. The number of fused-ring (bicyclic) bond motifs is 1.